The summed E-state index contributed by atoms with van der Waals surface area (Å²) in [6.07, 6.45) is 3.34. The minimum absolute atomic E-state index is 0.328. The Bertz CT molecular complexity index is 480. The Balaban J connectivity index is 1.59. The number of rotatable bonds is 5. The van der Waals surface area contributed by atoms with Gasteiger partial charge >= 0.3 is 0 Å². The lowest BCUT2D eigenvalue weighted by molar-refractivity contribution is -0.0705. The van der Waals surface area contributed by atoms with Crippen molar-refractivity contribution in [1.82, 2.24) is 10.2 Å². The average Bonchev–Trinajstić information content (AvgIpc) is 3.22. The van der Waals surface area contributed by atoms with Gasteiger partial charge in [0.2, 0.25) is 0 Å². The molecule has 2 aliphatic rings. The first kappa shape index (κ1) is 15.5. The van der Waals surface area contributed by atoms with Gasteiger partial charge in [0.15, 0.2) is 0 Å². The molecule has 4 heteroatoms. The number of nitrogens with zero attached hydrogens (tertiary/aromatic N) is 1. The highest BCUT2D eigenvalue weighted by molar-refractivity contribution is 9.10. The minimum Gasteiger partial charge on any atom is -0.373 e. The summed E-state index contributed by atoms with van der Waals surface area (Å²) in [6, 6.07) is 7.54. The summed E-state index contributed by atoms with van der Waals surface area (Å²) in [5.74, 6) is 0. The van der Waals surface area contributed by atoms with Gasteiger partial charge in [-0.05, 0) is 43.9 Å². The molecule has 3 nitrogen and oxygen atoms in total. The predicted octanol–water partition coefficient (Wildman–Crippen LogP) is 3.31. The highest BCUT2D eigenvalue weighted by Gasteiger charge is 2.23. The maximum Gasteiger partial charge on any atom is 0.0678 e. The van der Waals surface area contributed by atoms with Gasteiger partial charge in [-0.25, -0.2) is 0 Å². The van der Waals surface area contributed by atoms with Gasteiger partial charge in [-0.3, -0.25) is 4.90 Å². The van der Waals surface area contributed by atoms with E-state index in [1.54, 1.807) is 0 Å². The molecule has 0 radical (unpaired) electrons. The van der Waals surface area contributed by atoms with Crippen molar-refractivity contribution >= 4 is 15.9 Å². The van der Waals surface area contributed by atoms with Crippen molar-refractivity contribution in [2.45, 2.75) is 58.0 Å². The predicted molar refractivity (Wildman–Crippen MR) is 89.3 cm³/mol. The molecular weight excluding hydrogens is 328 g/mol. The van der Waals surface area contributed by atoms with Crippen molar-refractivity contribution in [1.29, 1.82) is 0 Å². The SMILES string of the molecule is C[C@@H]1CN(Cc2ccc(CNC3CC3)cc2Br)C[C@H](C)O1. The fraction of sp³-hybridized carbons (Fsp3) is 0.647. The van der Waals surface area contributed by atoms with Crippen molar-refractivity contribution in [3.63, 3.8) is 0 Å². The van der Waals surface area contributed by atoms with Gasteiger partial charge in [0.1, 0.15) is 0 Å². The van der Waals surface area contributed by atoms with Crippen molar-refractivity contribution in [2.24, 2.45) is 0 Å². The van der Waals surface area contributed by atoms with Crippen molar-refractivity contribution in [3.05, 3.63) is 33.8 Å². The van der Waals surface area contributed by atoms with Crippen LogP contribution in [0, 0.1) is 0 Å². The first-order valence-electron chi connectivity index (χ1n) is 7.98. The third-order valence-corrected chi connectivity index (χ3v) is 4.92. The van der Waals surface area contributed by atoms with Gasteiger partial charge in [-0.2, -0.15) is 0 Å². The van der Waals surface area contributed by atoms with E-state index in [1.807, 2.05) is 0 Å². The van der Waals surface area contributed by atoms with Crippen molar-refractivity contribution in [3.8, 4) is 0 Å². The zero-order valence-corrected chi connectivity index (χ0v) is 14.5. The monoisotopic (exact) mass is 352 g/mol. The number of morpholine rings is 1. The smallest absolute Gasteiger partial charge is 0.0678 e. The number of benzene rings is 1. The Hall–Kier alpha value is -0.420. The summed E-state index contributed by atoms with van der Waals surface area (Å²) in [5.41, 5.74) is 2.73. The number of ether oxygens (including phenoxy) is 1. The highest BCUT2D eigenvalue weighted by atomic mass is 79.9. The van der Waals surface area contributed by atoms with Crippen LogP contribution >= 0.6 is 15.9 Å². The average molecular weight is 353 g/mol. The maximum absolute atomic E-state index is 5.80. The molecule has 0 aromatic heterocycles. The fourth-order valence-electron chi connectivity index (χ4n) is 3.03. The molecule has 0 spiro atoms. The van der Waals surface area contributed by atoms with Crippen LogP contribution in [0.1, 0.15) is 37.8 Å². The topological polar surface area (TPSA) is 24.5 Å². The standard InChI is InChI=1S/C17H25BrN2O/c1-12-9-20(10-13(2)21-12)11-15-4-3-14(7-17(15)18)8-19-16-5-6-16/h3-4,7,12-13,16,19H,5-6,8-11H2,1-2H3/t12-,13+. The quantitative estimate of drug-likeness (QED) is 0.879. The zero-order chi connectivity index (χ0) is 14.8. The Labute approximate surface area is 136 Å². The molecule has 1 aliphatic carbocycles. The van der Waals surface area contributed by atoms with Crippen LogP contribution in [0.15, 0.2) is 22.7 Å². The van der Waals surface area contributed by atoms with Crippen LogP contribution in [-0.4, -0.2) is 36.2 Å². The van der Waals surface area contributed by atoms with E-state index < -0.39 is 0 Å². The van der Waals surface area contributed by atoms with E-state index in [0.717, 1.165) is 32.2 Å². The molecule has 1 saturated heterocycles. The number of nitrogens with one attached hydrogen (secondary N) is 1. The molecule has 1 aromatic rings. The molecule has 1 heterocycles. The molecule has 0 unspecified atom stereocenters. The third kappa shape index (κ3) is 4.52. The van der Waals surface area contributed by atoms with Crippen molar-refractivity contribution in [2.75, 3.05) is 13.1 Å². The molecule has 0 amide bonds. The second-order valence-electron chi connectivity index (χ2n) is 6.53. The molecule has 1 N–H and O–H groups in total. The first-order valence-corrected chi connectivity index (χ1v) is 8.78. The molecule has 2 atom stereocenters. The van der Waals surface area contributed by atoms with E-state index in [2.05, 4.69) is 58.2 Å². The van der Waals surface area contributed by atoms with Crippen LogP contribution in [-0.2, 0) is 17.8 Å². The van der Waals surface area contributed by atoms with Crippen LogP contribution in [0.2, 0.25) is 0 Å². The van der Waals surface area contributed by atoms with Gasteiger partial charge in [-0.1, -0.05) is 28.1 Å². The van der Waals surface area contributed by atoms with Crippen LogP contribution in [0.4, 0.5) is 0 Å². The van der Waals surface area contributed by atoms with E-state index in [9.17, 15) is 0 Å². The van der Waals surface area contributed by atoms with Crippen LogP contribution in [0.5, 0.6) is 0 Å². The summed E-state index contributed by atoms with van der Waals surface area (Å²) in [7, 11) is 0. The fourth-order valence-corrected chi connectivity index (χ4v) is 3.58. The summed E-state index contributed by atoms with van der Waals surface area (Å²) in [5, 5.41) is 3.56. The van der Waals surface area contributed by atoms with E-state index in [4.69, 9.17) is 4.74 Å². The molecule has 116 valence electrons. The van der Waals surface area contributed by atoms with E-state index >= 15 is 0 Å². The van der Waals surface area contributed by atoms with Gasteiger partial charge in [0.05, 0.1) is 12.2 Å². The summed E-state index contributed by atoms with van der Waals surface area (Å²) < 4.78 is 7.03. The zero-order valence-electron chi connectivity index (χ0n) is 12.9. The van der Waals surface area contributed by atoms with E-state index in [-0.39, 0.29) is 0 Å². The molecule has 0 bridgehead atoms. The lowest BCUT2D eigenvalue weighted by atomic mass is 10.1. The second-order valence-corrected chi connectivity index (χ2v) is 7.39. The summed E-state index contributed by atoms with van der Waals surface area (Å²) in [6.45, 7) is 8.32. The lowest BCUT2D eigenvalue weighted by Gasteiger charge is -2.35. The van der Waals surface area contributed by atoms with Crippen LogP contribution in [0.3, 0.4) is 0 Å². The Kier molecular flexibility index (Phi) is 4.99. The van der Waals surface area contributed by atoms with Crippen LogP contribution in [0.25, 0.3) is 0 Å². The maximum atomic E-state index is 5.80. The largest absolute Gasteiger partial charge is 0.373 e. The normalized spacial score (nSPS) is 27.0. The first-order chi connectivity index (χ1) is 10.1. The molecule has 2 fully saturated rings. The Morgan fingerprint density at radius 1 is 1.24 bits per heavy atom. The molecule has 1 aromatic carbocycles. The molecule has 1 saturated carbocycles. The minimum atomic E-state index is 0.328. The van der Waals surface area contributed by atoms with Gasteiger partial charge in [0, 0.05) is 36.7 Å². The lowest BCUT2D eigenvalue weighted by Crippen LogP contribution is -2.44. The molecule has 21 heavy (non-hydrogen) atoms. The molecular formula is C17H25BrN2O. The molecule has 1 aliphatic heterocycles. The Morgan fingerprint density at radius 2 is 1.95 bits per heavy atom. The van der Waals surface area contributed by atoms with Gasteiger partial charge in [0.25, 0.3) is 0 Å². The number of hydrogen-bond donors (Lipinski definition) is 1. The highest BCUT2D eigenvalue weighted by Crippen LogP contribution is 2.24. The summed E-state index contributed by atoms with van der Waals surface area (Å²) >= 11 is 3.74. The van der Waals surface area contributed by atoms with E-state index in [1.165, 1.54) is 28.4 Å². The third-order valence-electron chi connectivity index (χ3n) is 4.18. The van der Waals surface area contributed by atoms with Gasteiger partial charge < -0.3 is 10.1 Å². The van der Waals surface area contributed by atoms with Gasteiger partial charge in [-0.15, -0.1) is 0 Å². The molecule has 3 rings (SSSR count). The Morgan fingerprint density at radius 3 is 2.57 bits per heavy atom. The van der Waals surface area contributed by atoms with E-state index in [0.29, 0.717) is 12.2 Å². The number of hydrogen-bond acceptors (Lipinski definition) is 3. The number of halogens is 1. The van der Waals surface area contributed by atoms with Crippen molar-refractivity contribution < 1.29 is 4.74 Å². The van der Waals surface area contributed by atoms with Crippen LogP contribution < -0.4 is 5.32 Å². The summed E-state index contributed by atoms with van der Waals surface area (Å²) in [4.78, 5) is 2.49. The second kappa shape index (κ2) is 6.78.